The van der Waals surface area contributed by atoms with Crippen molar-refractivity contribution in [2.75, 3.05) is 5.32 Å². The molecule has 0 aliphatic heterocycles. The van der Waals surface area contributed by atoms with Gasteiger partial charge < -0.3 is 5.32 Å². The van der Waals surface area contributed by atoms with Gasteiger partial charge in [-0.2, -0.15) is 0 Å². The molecular weight excluding hydrogens is 277 g/mol. The van der Waals surface area contributed by atoms with E-state index in [0.717, 1.165) is 6.07 Å². The molecule has 1 nitrogen and oxygen atoms in total. The Balaban J connectivity index is 2.15. The molecule has 0 amide bonds. The van der Waals surface area contributed by atoms with Crippen molar-refractivity contribution in [2.45, 2.75) is 13.0 Å². The van der Waals surface area contributed by atoms with Crippen LogP contribution in [0.25, 0.3) is 0 Å². The van der Waals surface area contributed by atoms with Crippen LogP contribution in [0.4, 0.5) is 27.6 Å². The summed E-state index contributed by atoms with van der Waals surface area (Å²) in [5.41, 5.74) is -0.0768. The van der Waals surface area contributed by atoms with Gasteiger partial charge >= 0.3 is 0 Å². The van der Waals surface area contributed by atoms with Crippen LogP contribution in [-0.2, 0) is 6.54 Å². The van der Waals surface area contributed by atoms with Crippen molar-refractivity contribution in [3.05, 3.63) is 65.0 Å². The number of hydrogen-bond acceptors (Lipinski definition) is 1. The molecule has 1 N–H and O–H groups in total. The highest BCUT2D eigenvalue weighted by Gasteiger charge is 2.11. The van der Waals surface area contributed by atoms with Crippen molar-refractivity contribution in [1.82, 2.24) is 0 Å². The highest BCUT2D eigenvalue weighted by atomic mass is 19.3. The average Bonchev–Trinajstić information content (AvgIpc) is 2.41. The molecule has 106 valence electrons. The average molecular weight is 287 g/mol. The third-order valence-electron chi connectivity index (χ3n) is 2.68. The summed E-state index contributed by atoms with van der Waals surface area (Å²) in [6, 6.07) is 6.71. The van der Waals surface area contributed by atoms with Crippen LogP contribution in [0.15, 0.2) is 36.4 Å². The first kappa shape index (κ1) is 14.3. The Hall–Kier alpha value is -2.11. The molecule has 2 aromatic rings. The molecule has 0 unspecified atom stereocenters. The molecule has 6 heteroatoms. The minimum Gasteiger partial charge on any atom is -0.378 e. The van der Waals surface area contributed by atoms with Crippen molar-refractivity contribution in [3.8, 4) is 0 Å². The van der Waals surface area contributed by atoms with Crippen LogP contribution in [0.1, 0.15) is 17.6 Å². The molecule has 0 saturated heterocycles. The van der Waals surface area contributed by atoms with E-state index in [-0.39, 0.29) is 17.8 Å². The quantitative estimate of drug-likeness (QED) is 0.637. The van der Waals surface area contributed by atoms with Gasteiger partial charge in [0.15, 0.2) is 11.6 Å². The topological polar surface area (TPSA) is 12.0 Å². The van der Waals surface area contributed by atoms with E-state index in [1.807, 2.05) is 0 Å². The second-order valence-electron chi connectivity index (χ2n) is 4.15. The van der Waals surface area contributed by atoms with Gasteiger partial charge in [-0.3, -0.25) is 0 Å². The van der Waals surface area contributed by atoms with Crippen LogP contribution in [-0.4, -0.2) is 0 Å². The number of nitrogens with one attached hydrogen (secondary N) is 1. The molecule has 0 aliphatic carbocycles. The van der Waals surface area contributed by atoms with E-state index in [4.69, 9.17) is 0 Å². The fourth-order valence-electron chi connectivity index (χ4n) is 1.72. The van der Waals surface area contributed by atoms with Crippen molar-refractivity contribution in [1.29, 1.82) is 0 Å². The molecule has 0 aromatic heterocycles. The number of rotatable bonds is 4. The summed E-state index contributed by atoms with van der Waals surface area (Å²) in [5.74, 6) is -3.45. The highest BCUT2D eigenvalue weighted by molar-refractivity contribution is 5.46. The fraction of sp³-hybridized carbons (Fsp3) is 0.143. The monoisotopic (exact) mass is 287 g/mol. The van der Waals surface area contributed by atoms with Crippen LogP contribution in [0.2, 0.25) is 0 Å². The van der Waals surface area contributed by atoms with Crippen LogP contribution < -0.4 is 5.32 Å². The molecule has 0 bridgehead atoms. The molecule has 0 heterocycles. The van der Waals surface area contributed by atoms with Gasteiger partial charge in [-0.15, -0.1) is 0 Å². The Morgan fingerprint density at radius 3 is 2.45 bits per heavy atom. The summed E-state index contributed by atoms with van der Waals surface area (Å²) in [7, 11) is 0. The minimum atomic E-state index is -2.61. The largest absolute Gasteiger partial charge is 0.378 e. The second kappa shape index (κ2) is 5.90. The molecule has 0 spiro atoms. The van der Waals surface area contributed by atoms with Crippen molar-refractivity contribution >= 4 is 5.69 Å². The lowest BCUT2D eigenvalue weighted by Gasteiger charge is -2.09. The van der Waals surface area contributed by atoms with Gasteiger partial charge in [0.1, 0.15) is 5.82 Å². The van der Waals surface area contributed by atoms with E-state index in [9.17, 15) is 22.0 Å². The maximum atomic E-state index is 13.4. The van der Waals surface area contributed by atoms with Gasteiger partial charge in [0.05, 0.1) is 5.69 Å². The maximum absolute atomic E-state index is 13.4. The number of anilines is 1. The van der Waals surface area contributed by atoms with E-state index in [2.05, 4.69) is 5.32 Å². The molecule has 20 heavy (non-hydrogen) atoms. The van der Waals surface area contributed by atoms with Gasteiger partial charge in [-0.05, 0) is 11.6 Å². The first-order chi connectivity index (χ1) is 9.47. The summed E-state index contributed by atoms with van der Waals surface area (Å²) < 4.78 is 64.3. The Morgan fingerprint density at radius 2 is 1.75 bits per heavy atom. The van der Waals surface area contributed by atoms with Gasteiger partial charge in [-0.1, -0.05) is 18.2 Å². The summed E-state index contributed by atoms with van der Waals surface area (Å²) in [6.07, 6.45) is -2.61. The summed E-state index contributed by atoms with van der Waals surface area (Å²) in [6.45, 7) is -0.0274. The molecular formula is C14H10F5N. The molecule has 0 saturated carbocycles. The lowest BCUT2D eigenvalue weighted by atomic mass is 10.1. The van der Waals surface area contributed by atoms with Crippen molar-refractivity contribution in [2.24, 2.45) is 0 Å². The SMILES string of the molecule is Fc1cc(F)c(F)c(NCc2cccc(C(F)F)c2)c1. The normalized spacial score (nSPS) is 10.9. The Kier molecular flexibility index (Phi) is 4.22. The second-order valence-corrected chi connectivity index (χ2v) is 4.15. The number of benzene rings is 2. The lowest BCUT2D eigenvalue weighted by Crippen LogP contribution is -2.04. The number of halogens is 5. The van der Waals surface area contributed by atoms with Gasteiger partial charge in [-0.25, -0.2) is 22.0 Å². The zero-order chi connectivity index (χ0) is 14.7. The third kappa shape index (κ3) is 3.26. The van der Waals surface area contributed by atoms with E-state index < -0.39 is 23.9 Å². The fourth-order valence-corrected chi connectivity index (χ4v) is 1.72. The van der Waals surface area contributed by atoms with E-state index in [1.165, 1.54) is 18.2 Å². The number of alkyl halides is 2. The van der Waals surface area contributed by atoms with Gasteiger partial charge in [0.2, 0.25) is 0 Å². The van der Waals surface area contributed by atoms with Crippen molar-refractivity contribution in [3.63, 3.8) is 0 Å². The van der Waals surface area contributed by atoms with Crippen LogP contribution >= 0.6 is 0 Å². The first-order valence-corrected chi connectivity index (χ1v) is 5.73. The minimum absolute atomic E-state index is 0.0274. The smallest absolute Gasteiger partial charge is 0.263 e. The van der Waals surface area contributed by atoms with Crippen molar-refractivity contribution < 1.29 is 22.0 Å². The lowest BCUT2D eigenvalue weighted by molar-refractivity contribution is 0.151. The van der Waals surface area contributed by atoms with Crippen LogP contribution in [0.3, 0.4) is 0 Å². The van der Waals surface area contributed by atoms with Gasteiger partial charge in [0.25, 0.3) is 6.43 Å². The summed E-state index contributed by atoms with van der Waals surface area (Å²) >= 11 is 0. The predicted octanol–water partition coefficient (Wildman–Crippen LogP) is 4.65. The Morgan fingerprint density at radius 1 is 1.00 bits per heavy atom. The van der Waals surface area contributed by atoms with E-state index in [1.54, 1.807) is 6.07 Å². The molecule has 0 aliphatic rings. The molecule has 0 atom stereocenters. The molecule has 2 rings (SSSR count). The number of hydrogen-bond donors (Lipinski definition) is 1. The molecule has 2 aromatic carbocycles. The Labute approximate surface area is 112 Å². The summed E-state index contributed by atoms with van der Waals surface area (Å²) in [4.78, 5) is 0. The van der Waals surface area contributed by atoms with Crippen LogP contribution in [0.5, 0.6) is 0 Å². The first-order valence-electron chi connectivity index (χ1n) is 5.73. The third-order valence-corrected chi connectivity index (χ3v) is 2.68. The van der Waals surface area contributed by atoms with E-state index >= 15 is 0 Å². The Bertz CT molecular complexity index is 613. The maximum Gasteiger partial charge on any atom is 0.263 e. The molecule has 0 fully saturated rings. The summed E-state index contributed by atoms with van der Waals surface area (Å²) in [5, 5.41) is 2.48. The predicted molar refractivity (Wildman–Crippen MR) is 65.0 cm³/mol. The van der Waals surface area contributed by atoms with Gasteiger partial charge in [0, 0.05) is 24.2 Å². The van der Waals surface area contributed by atoms with Crippen LogP contribution in [0, 0.1) is 17.5 Å². The molecule has 0 radical (unpaired) electrons. The van der Waals surface area contributed by atoms with E-state index in [0.29, 0.717) is 11.6 Å². The highest BCUT2D eigenvalue weighted by Crippen LogP contribution is 2.22. The zero-order valence-electron chi connectivity index (χ0n) is 10.1. The zero-order valence-corrected chi connectivity index (χ0v) is 10.1. The standard InChI is InChI=1S/C14H10F5N/c15-10-5-11(16)13(17)12(6-10)20-7-8-2-1-3-9(4-8)14(18)19/h1-6,14,20H,7H2.